The number of fused-ring (bicyclic) bond motifs is 1. The molecule has 156 valence electrons. The summed E-state index contributed by atoms with van der Waals surface area (Å²) in [5, 5.41) is 21.1. The van der Waals surface area contributed by atoms with Crippen LogP contribution in [0, 0.1) is 0 Å². The lowest BCUT2D eigenvalue weighted by molar-refractivity contribution is 0.290. The predicted molar refractivity (Wildman–Crippen MR) is 115 cm³/mol. The Morgan fingerprint density at radius 3 is 2.25 bits per heavy atom. The van der Waals surface area contributed by atoms with Crippen molar-refractivity contribution in [3.05, 3.63) is 28.6 Å². The summed E-state index contributed by atoms with van der Waals surface area (Å²) in [6.07, 6.45) is 10.9. The third-order valence-corrected chi connectivity index (χ3v) is 5.16. The molecule has 1 aromatic carbocycles. The number of unbranched alkanes of at least 4 members (excludes halogenated alkanes) is 8. The predicted octanol–water partition coefficient (Wildman–Crippen LogP) is 5.73. The van der Waals surface area contributed by atoms with Crippen molar-refractivity contribution >= 4 is 10.9 Å². The molecule has 0 unspecified atom stereocenters. The van der Waals surface area contributed by atoms with Crippen LogP contribution >= 0.6 is 0 Å². The first-order valence-electron chi connectivity index (χ1n) is 10.8. The van der Waals surface area contributed by atoms with E-state index >= 15 is 0 Å². The molecule has 2 aromatic rings. The first-order valence-corrected chi connectivity index (χ1v) is 10.8. The summed E-state index contributed by atoms with van der Waals surface area (Å²) in [5.41, 5.74) is 0.162. The number of benzene rings is 1. The zero-order valence-electron chi connectivity index (χ0n) is 17.4. The smallest absolute Gasteiger partial charge is 0.297 e. The lowest BCUT2D eigenvalue weighted by atomic mass is 10.1. The van der Waals surface area contributed by atoms with Gasteiger partial charge >= 0.3 is 0 Å². The van der Waals surface area contributed by atoms with Crippen LogP contribution in [0.5, 0.6) is 17.2 Å². The molecule has 0 aliphatic rings. The quantitative estimate of drug-likeness (QED) is 0.429. The molecule has 0 saturated carbocycles. The number of aromatic hydroxyl groups is 2. The Morgan fingerprint density at radius 2 is 1.54 bits per heavy atom. The van der Waals surface area contributed by atoms with Crippen molar-refractivity contribution < 1.29 is 14.9 Å². The molecule has 0 aliphatic heterocycles. The van der Waals surface area contributed by atoms with E-state index in [-0.39, 0.29) is 17.2 Å². The number of pyridine rings is 1. The van der Waals surface area contributed by atoms with Crippen LogP contribution in [0.2, 0.25) is 0 Å². The summed E-state index contributed by atoms with van der Waals surface area (Å²) in [6, 6.07) is 4.85. The minimum Gasteiger partial charge on any atom is -0.508 e. The summed E-state index contributed by atoms with van der Waals surface area (Å²) in [7, 11) is 0. The molecular formula is C23H35NO4. The standard InChI is InChI=1S/C23H35NO4/c1-3-5-7-9-10-11-15-24-20-17-18(25)13-14-19(20)22(21(26)23(24)27)28-16-12-8-6-4-2/h13-14,17,25-26H,3-12,15-16H2,1-2H3. The molecule has 1 heterocycles. The average molecular weight is 390 g/mol. The molecular weight excluding hydrogens is 354 g/mol. The van der Waals surface area contributed by atoms with Gasteiger partial charge in [-0.15, -0.1) is 0 Å². The molecule has 5 heteroatoms. The fourth-order valence-electron chi connectivity index (χ4n) is 3.52. The summed E-state index contributed by atoms with van der Waals surface area (Å²) >= 11 is 0. The van der Waals surface area contributed by atoms with E-state index in [9.17, 15) is 15.0 Å². The van der Waals surface area contributed by atoms with Crippen molar-refractivity contribution in [1.29, 1.82) is 0 Å². The molecule has 0 aliphatic carbocycles. The van der Waals surface area contributed by atoms with Crippen LogP contribution in [-0.2, 0) is 6.54 Å². The van der Waals surface area contributed by atoms with Gasteiger partial charge < -0.3 is 19.5 Å². The molecule has 0 fully saturated rings. The van der Waals surface area contributed by atoms with Crippen molar-refractivity contribution in [3.63, 3.8) is 0 Å². The maximum atomic E-state index is 12.8. The number of nitrogens with zero attached hydrogens (tertiary/aromatic N) is 1. The van der Waals surface area contributed by atoms with Gasteiger partial charge in [0.25, 0.3) is 5.56 Å². The normalized spacial score (nSPS) is 11.2. The first kappa shape index (κ1) is 22.1. The van der Waals surface area contributed by atoms with E-state index in [0.717, 1.165) is 44.9 Å². The lowest BCUT2D eigenvalue weighted by Gasteiger charge is -2.16. The number of phenolic OH excluding ortho intramolecular Hbond substituents is 1. The van der Waals surface area contributed by atoms with Gasteiger partial charge in [-0.2, -0.15) is 0 Å². The lowest BCUT2D eigenvalue weighted by Crippen LogP contribution is -2.21. The number of hydrogen-bond acceptors (Lipinski definition) is 4. The van der Waals surface area contributed by atoms with E-state index in [1.165, 1.54) is 19.3 Å². The Kier molecular flexibility index (Phi) is 9.18. The van der Waals surface area contributed by atoms with Crippen molar-refractivity contribution in [2.75, 3.05) is 6.61 Å². The Morgan fingerprint density at radius 1 is 0.893 bits per heavy atom. The molecule has 0 saturated heterocycles. The maximum absolute atomic E-state index is 12.8. The van der Waals surface area contributed by atoms with Crippen LogP contribution in [0.25, 0.3) is 10.9 Å². The van der Waals surface area contributed by atoms with Gasteiger partial charge in [-0.3, -0.25) is 4.79 Å². The number of rotatable bonds is 13. The number of ether oxygens (including phenoxy) is 1. The Labute approximate surface area is 168 Å². The second kappa shape index (κ2) is 11.6. The molecule has 0 bridgehead atoms. The van der Waals surface area contributed by atoms with Gasteiger partial charge in [-0.05, 0) is 25.0 Å². The highest BCUT2D eigenvalue weighted by Crippen LogP contribution is 2.34. The van der Waals surface area contributed by atoms with Gasteiger partial charge in [0.05, 0.1) is 12.1 Å². The van der Waals surface area contributed by atoms with E-state index in [4.69, 9.17) is 4.74 Å². The topological polar surface area (TPSA) is 71.7 Å². The number of aromatic nitrogens is 1. The molecule has 28 heavy (non-hydrogen) atoms. The van der Waals surface area contributed by atoms with Gasteiger partial charge in [0.2, 0.25) is 5.75 Å². The highest BCUT2D eigenvalue weighted by Gasteiger charge is 2.18. The van der Waals surface area contributed by atoms with Gasteiger partial charge in [-0.25, -0.2) is 0 Å². The van der Waals surface area contributed by atoms with Gasteiger partial charge in [0.1, 0.15) is 5.75 Å². The van der Waals surface area contributed by atoms with E-state index in [1.54, 1.807) is 22.8 Å². The fraction of sp³-hybridized carbons (Fsp3) is 0.609. The third kappa shape index (κ3) is 5.91. The molecule has 0 radical (unpaired) electrons. The van der Waals surface area contributed by atoms with Crippen LogP contribution in [0.15, 0.2) is 23.0 Å². The van der Waals surface area contributed by atoms with Crippen molar-refractivity contribution in [1.82, 2.24) is 4.57 Å². The molecule has 1 aromatic heterocycles. The number of phenols is 1. The number of hydrogen-bond donors (Lipinski definition) is 2. The monoisotopic (exact) mass is 389 g/mol. The van der Waals surface area contributed by atoms with Gasteiger partial charge in [0, 0.05) is 18.0 Å². The summed E-state index contributed by atoms with van der Waals surface area (Å²) < 4.78 is 7.36. The molecule has 5 nitrogen and oxygen atoms in total. The third-order valence-electron chi connectivity index (χ3n) is 5.16. The fourth-order valence-corrected chi connectivity index (χ4v) is 3.52. The Bertz CT molecular complexity index is 797. The second-order valence-electron chi connectivity index (χ2n) is 7.51. The van der Waals surface area contributed by atoms with E-state index in [0.29, 0.717) is 24.1 Å². The SMILES string of the molecule is CCCCCCCCn1c(=O)c(O)c(OCCCCCC)c2ccc(O)cc21. The van der Waals surface area contributed by atoms with Crippen molar-refractivity contribution in [2.45, 2.75) is 84.6 Å². The van der Waals surface area contributed by atoms with E-state index in [2.05, 4.69) is 13.8 Å². The maximum Gasteiger partial charge on any atom is 0.297 e. The molecule has 0 amide bonds. The highest BCUT2D eigenvalue weighted by atomic mass is 16.5. The molecule has 0 spiro atoms. The highest BCUT2D eigenvalue weighted by molar-refractivity contribution is 5.88. The van der Waals surface area contributed by atoms with Gasteiger partial charge in [-0.1, -0.05) is 65.2 Å². The van der Waals surface area contributed by atoms with Crippen LogP contribution in [0.4, 0.5) is 0 Å². The average Bonchev–Trinajstić information content (AvgIpc) is 2.69. The minimum absolute atomic E-state index is 0.100. The Balaban J connectivity index is 2.20. The van der Waals surface area contributed by atoms with E-state index in [1.807, 2.05) is 0 Å². The molecule has 2 N–H and O–H groups in total. The van der Waals surface area contributed by atoms with Crippen molar-refractivity contribution in [3.8, 4) is 17.2 Å². The summed E-state index contributed by atoms with van der Waals surface area (Å²) in [6.45, 7) is 5.32. The first-order chi connectivity index (χ1) is 13.6. The van der Waals surface area contributed by atoms with Crippen LogP contribution in [0.3, 0.4) is 0 Å². The van der Waals surface area contributed by atoms with Gasteiger partial charge in [0.15, 0.2) is 5.75 Å². The van der Waals surface area contributed by atoms with Crippen LogP contribution in [-0.4, -0.2) is 21.4 Å². The van der Waals surface area contributed by atoms with Crippen LogP contribution in [0.1, 0.15) is 78.1 Å². The molecule has 2 rings (SSSR count). The number of aryl methyl sites for hydroxylation is 1. The summed E-state index contributed by atoms with van der Waals surface area (Å²) in [4.78, 5) is 12.8. The Hall–Kier alpha value is -2.17. The van der Waals surface area contributed by atoms with E-state index < -0.39 is 5.56 Å². The zero-order valence-corrected chi connectivity index (χ0v) is 17.4. The van der Waals surface area contributed by atoms with Crippen LogP contribution < -0.4 is 10.3 Å². The molecule has 0 atom stereocenters. The largest absolute Gasteiger partial charge is 0.508 e. The summed E-state index contributed by atoms with van der Waals surface area (Å²) in [5.74, 6) is -0.00135. The second-order valence-corrected chi connectivity index (χ2v) is 7.51. The van der Waals surface area contributed by atoms with Crippen molar-refractivity contribution in [2.24, 2.45) is 0 Å². The minimum atomic E-state index is -0.449. The zero-order chi connectivity index (χ0) is 20.4.